The van der Waals surface area contributed by atoms with E-state index in [-0.39, 0.29) is 25.0 Å². The molecule has 8 heteroatoms. The number of rotatable bonds is 9. The molecule has 2 aromatic carbocycles. The van der Waals surface area contributed by atoms with Crippen molar-refractivity contribution in [1.29, 1.82) is 0 Å². The minimum Gasteiger partial charge on any atom is -0.484 e. The van der Waals surface area contributed by atoms with Gasteiger partial charge >= 0.3 is 0 Å². The van der Waals surface area contributed by atoms with Crippen LogP contribution in [0.15, 0.2) is 34.8 Å². The van der Waals surface area contributed by atoms with Crippen LogP contribution < -0.4 is 10.1 Å². The lowest BCUT2D eigenvalue weighted by Gasteiger charge is -2.30. The second-order valence-corrected chi connectivity index (χ2v) is 8.87. The lowest BCUT2D eigenvalue weighted by molar-refractivity contribution is -0.142. The molecule has 1 N–H and O–H groups in total. The van der Waals surface area contributed by atoms with Crippen LogP contribution in [0.4, 0.5) is 0 Å². The molecule has 0 aromatic heterocycles. The zero-order valence-corrected chi connectivity index (χ0v) is 21.2. The van der Waals surface area contributed by atoms with Crippen molar-refractivity contribution in [3.05, 3.63) is 61.5 Å². The fraction of sp³-hybridized carbons (Fsp3) is 0.391. The molecule has 2 aromatic rings. The minimum absolute atomic E-state index is 0.173. The van der Waals surface area contributed by atoms with E-state index in [9.17, 15) is 9.59 Å². The van der Waals surface area contributed by atoms with Crippen LogP contribution in [0, 0.1) is 13.8 Å². The van der Waals surface area contributed by atoms with Gasteiger partial charge in [-0.15, -0.1) is 0 Å². The zero-order chi connectivity index (χ0) is 23.1. The van der Waals surface area contributed by atoms with Crippen molar-refractivity contribution in [3.8, 4) is 5.75 Å². The van der Waals surface area contributed by atoms with E-state index >= 15 is 0 Å². The highest BCUT2D eigenvalue weighted by Gasteiger charge is 2.29. The summed E-state index contributed by atoms with van der Waals surface area (Å²) in [6, 6.07) is 8.19. The number of benzene rings is 2. The van der Waals surface area contributed by atoms with Gasteiger partial charge in [-0.1, -0.05) is 52.1 Å². The van der Waals surface area contributed by atoms with Gasteiger partial charge in [0.15, 0.2) is 6.61 Å². The second-order valence-electron chi connectivity index (χ2n) is 7.24. The van der Waals surface area contributed by atoms with E-state index in [4.69, 9.17) is 27.9 Å². The quantitative estimate of drug-likeness (QED) is 0.453. The predicted molar refractivity (Wildman–Crippen MR) is 129 cm³/mol. The van der Waals surface area contributed by atoms with Crippen molar-refractivity contribution >= 4 is 50.9 Å². The van der Waals surface area contributed by atoms with Gasteiger partial charge in [0.2, 0.25) is 5.91 Å². The monoisotopic (exact) mass is 528 g/mol. The predicted octanol–water partition coefficient (Wildman–Crippen LogP) is 5.70. The van der Waals surface area contributed by atoms with E-state index in [1.165, 1.54) is 4.90 Å². The summed E-state index contributed by atoms with van der Waals surface area (Å²) in [5.41, 5.74) is 2.74. The standard InChI is InChI=1S/C23H27BrCl2N2O3/c1-5-20(23(30)27-6-2)28(12-16-7-8-17(25)11-19(16)26)21(29)13-31-18-9-14(3)22(24)15(4)10-18/h7-11,20H,5-6,12-13H2,1-4H3,(H,27,30). The maximum Gasteiger partial charge on any atom is 0.261 e. The molecule has 2 amide bonds. The van der Waals surface area contributed by atoms with Gasteiger partial charge in [-0.3, -0.25) is 9.59 Å². The van der Waals surface area contributed by atoms with Crippen LogP contribution in [0.2, 0.25) is 10.0 Å². The number of amides is 2. The normalized spacial score (nSPS) is 11.7. The van der Waals surface area contributed by atoms with Crippen LogP contribution in [0.25, 0.3) is 0 Å². The van der Waals surface area contributed by atoms with Crippen molar-refractivity contribution in [3.63, 3.8) is 0 Å². The molecule has 0 saturated heterocycles. The van der Waals surface area contributed by atoms with Crippen LogP contribution in [-0.4, -0.2) is 35.9 Å². The molecule has 0 heterocycles. The average molecular weight is 530 g/mol. The number of hydrogen-bond acceptors (Lipinski definition) is 3. The summed E-state index contributed by atoms with van der Waals surface area (Å²) in [4.78, 5) is 27.3. The Morgan fingerprint density at radius 2 is 1.77 bits per heavy atom. The Kier molecular flexibility index (Phi) is 9.66. The molecule has 0 radical (unpaired) electrons. The lowest BCUT2D eigenvalue weighted by Crippen LogP contribution is -2.50. The van der Waals surface area contributed by atoms with Gasteiger partial charge in [0.05, 0.1) is 0 Å². The Morgan fingerprint density at radius 3 is 2.32 bits per heavy atom. The Labute approximate surface area is 202 Å². The molecule has 31 heavy (non-hydrogen) atoms. The van der Waals surface area contributed by atoms with Crippen LogP contribution >= 0.6 is 39.1 Å². The highest BCUT2D eigenvalue weighted by Crippen LogP contribution is 2.27. The molecule has 1 atom stereocenters. The van der Waals surface area contributed by atoms with Crippen molar-refractivity contribution in [2.24, 2.45) is 0 Å². The Hall–Kier alpha value is -1.76. The maximum absolute atomic E-state index is 13.2. The van der Waals surface area contributed by atoms with Crippen molar-refractivity contribution in [1.82, 2.24) is 10.2 Å². The van der Waals surface area contributed by atoms with Crippen LogP contribution in [-0.2, 0) is 16.1 Å². The number of nitrogens with zero attached hydrogens (tertiary/aromatic N) is 1. The van der Waals surface area contributed by atoms with Gasteiger partial charge < -0.3 is 15.0 Å². The van der Waals surface area contributed by atoms with Crippen molar-refractivity contribution < 1.29 is 14.3 Å². The number of aryl methyl sites for hydroxylation is 2. The van der Waals surface area contributed by atoms with Crippen LogP contribution in [0.3, 0.4) is 0 Å². The summed E-state index contributed by atoms with van der Waals surface area (Å²) >= 11 is 15.9. The SMILES string of the molecule is CCNC(=O)C(CC)N(Cc1ccc(Cl)cc1Cl)C(=O)COc1cc(C)c(Br)c(C)c1. The number of halogens is 3. The number of nitrogens with one attached hydrogen (secondary N) is 1. The Bertz CT molecular complexity index is 929. The third-order valence-electron chi connectivity index (χ3n) is 4.86. The smallest absolute Gasteiger partial charge is 0.261 e. The molecular weight excluding hydrogens is 503 g/mol. The molecule has 168 valence electrons. The molecule has 0 spiro atoms. The molecule has 5 nitrogen and oxygen atoms in total. The first-order valence-electron chi connectivity index (χ1n) is 10.1. The molecule has 2 rings (SSSR count). The summed E-state index contributed by atoms with van der Waals surface area (Å²) in [5.74, 6) is 0.0863. The summed E-state index contributed by atoms with van der Waals surface area (Å²) in [5, 5.41) is 3.75. The van der Waals surface area contributed by atoms with Gasteiger partial charge in [-0.05, 0) is 68.1 Å². The molecule has 0 fully saturated rings. The van der Waals surface area contributed by atoms with Gasteiger partial charge in [0.25, 0.3) is 5.91 Å². The molecule has 0 bridgehead atoms. The molecule has 1 unspecified atom stereocenters. The summed E-state index contributed by atoms with van der Waals surface area (Å²) < 4.78 is 6.80. The van der Waals surface area contributed by atoms with E-state index < -0.39 is 6.04 Å². The number of carbonyl (C=O) groups is 2. The number of likely N-dealkylation sites (N-methyl/N-ethyl adjacent to an activating group) is 1. The average Bonchev–Trinajstić information content (AvgIpc) is 2.71. The van der Waals surface area contributed by atoms with Crippen molar-refractivity contribution in [2.75, 3.05) is 13.2 Å². The van der Waals surface area contributed by atoms with E-state index in [1.807, 2.05) is 39.8 Å². The summed E-state index contributed by atoms with van der Waals surface area (Å²) in [7, 11) is 0. The number of ether oxygens (including phenoxy) is 1. The number of hydrogen-bond donors (Lipinski definition) is 1. The third-order valence-corrected chi connectivity index (χ3v) is 6.70. The molecule has 0 aliphatic rings. The van der Waals surface area contributed by atoms with Gasteiger partial charge in [-0.2, -0.15) is 0 Å². The first-order valence-corrected chi connectivity index (χ1v) is 11.6. The highest BCUT2D eigenvalue weighted by atomic mass is 79.9. The van der Waals surface area contributed by atoms with Gasteiger partial charge in [0.1, 0.15) is 11.8 Å². The summed E-state index contributed by atoms with van der Waals surface area (Å²) in [6.07, 6.45) is 0.458. The Morgan fingerprint density at radius 1 is 1.13 bits per heavy atom. The van der Waals surface area contributed by atoms with E-state index in [0.717, 1.165) is 15.6 Å². The lowest BCUT2D eigenvalue weighted by atomic mass is 10.1. The largest absolute Gasteiger partial charge is 0.484 e. The Balaban J connectivity index is 2.27. The maximum atomic E-state index is 13.2. The fourth-order valence-corrected chi connectivity index (χ4v) is 3.96. The highest BCUT2D eigenvalue weighted by molar-refractivity contribution is 9.10. The third kappa shape index (κ3) is 6.86. The van der Waals surface area contributed by atoms with Crippen molar-refractivity contribution in [2.45, 2.75) is 46.7 Å². The van der Waals surface area contributed by atoms with E-state index in [0.29, 0.717) is 34.3 Å². The zero-order valence-electron chi connectivity index (χ0n) is 18.1. The first-order chi connectivity index (χ1) is 14.7. The fourth-order valence-electron chi connectivity index (χ4n) is 3.26. The molecule has 0 aliphatic carbocycles. The van der Waals surface area contributed by atoms with Crippen LogP contribution in [0.1, 0.15) is 37.0 Å². The second kappa shape index (κ2) is 11.7. The minimum atomic E-state index is -0.642. The number of carbonyl (C=O) groups excluding carboxylic acids is 2. The van der Waals surface area contributed by atoms with Gasteiger partial charge in [-0.25, -0.2) is 0 Å². The summed E-state index contributed by atoms with van der Waals surface area (Å²) in [6.45, 7) is 8.09. The molecular formula is C23H27BrCl2N2O3. The first kappa shape index (κ1) is 25.5. The topological polar surface area (TPSA) is 58.6 Å². The van der Waals surface area contributed by atoms with Gasteiger partial charge in [0, 0.05) is 27.6 Å². The van der Waals surface area contributed by atoms with E-state index in [1.54, 1.807) is 18.2 Å². The van der Waals surface area contributed by atoms with E-state index in [2.05, 4.69) is 21.2 Å². The van der Waals surface area contributed by atoms with Crippen LogP contribution in [0.5, 0.6) is 5.75 Å². The molecule has 0 saturated carbocycles. The molecule has 0 aliphatic heterocycles.